The molecule has 3 aliphatic carbocycles. The summed E-state index contributed by atoms with van der Waals surface area (Å²) in [6, 6.07) is 7.53. The molecule has 142 valence electrons. The standard InChI is InChI=1S/C20H23FN4O2/c1-12-8-16(25(3)24-12)18(27)23-20-9-19(10-20,11-20)13(2)17(26)22-15-6-4-14(21)5-7-15/h4-8,13H,9-11H2,1-3H3,(H,22,26)(H,23,27). The molecule has 3 aliphatic rings. The summed E-state index contributed by atoms with van der Waals surface area (Å²) in [5, 5.41) is 10.2. The van der Waals surface area contributed by atoms with E-state index in [2.05, 4.69) is 15.7 Å². The topological polar surface area (TPSA) is 76.0 Å². The molecule has 1 atom stereocenters. The maximum atomic E-state index is 13.0. The number of carbonyl (C=O) groups excluding carboxylic acids is 2. The Morgan fingerprint density at radius 3 is 2.41 bits per heavy atom. The first-order valence-electron chi connectivity index (χ1n) is 9.12. The minimum absolute atomic E-state index is 0.0558. The molecule has 3 saturated carbocycles. The van der Waals surface area contributed by atoms with Crippen molar-refractivity contribution in [1.82, 2.24) is 15.1 Å². The Labute approximate surface area is 157 Å². The van der Waals surface area contributed by atoms with E-state index in [1.165, 1.54) is 12.1 Å². The van der Waals surface area contributed by atoms with E-state index in [4.69, 9.17) is 0 Å². The van der Waals surface area contributed by atoms with Gasteiger partial charge in [0.15, 0.2) is 0 Å². The number of hydrogen-bond donors (Lipinski definition) is 2. The molecule has 0 aliphatic heterocycles. The van der Waals surface area contributed by atoms with Gasteiger partial charge in [0.2, 0.25) is 5.91 Å². The van der Waals surface area contributed by atoms with Crippen LogP contribution in [0.1, 0.15) is 42.4 Å². The summed E-state index contributed by atoms with van der Waals surface area (Å²) in [6.45, 7) is 3.78. The van der Waals surface area contributed by atoms with E-state index in [1.807, 2.05) is 13.8 Å². The van der Waals surface area contributed by atoms with Gasteiger partial charge in [-0.05, 0) is 61.9 Å². The molecule has 0 spiro atoms. The Kier molecular flexibility index (Phi) is 3.87. The molecule has 5 rings (SSSR count). The van der Waals surface area contributed by atoms with Gasteiger partial charge in [0.1, 0.15) is 11.5 Å². The van der Waals surface area contributed by atoms with E-state index in [0.29, 0.717) is 11.4 Å². The van der Waals surface area contributed by atoms with E-state index < -0.39 is 0 Å². The summed E-state index contributed by atoms with van der Waals surface area (Å²) in [4.78, 5) is 25.1. The Balaban J connectivity index is 1.34. The van der Waals surface area contributed by atoms with Crippen molar-refractivity contribution in [2.24, 2.45) is 18.4 Å². The highest BCUT2D eigenvalue weighted by atomic mass is 19.1. The Morgan fingerprint density at radius 2 is 1.85 bits per heavy atom. The summed E-state index contributed by atoms with van der Waals surface area (Å²) in [5.41, 5.74) is 1.70. The zero-order chi connectivity index (χ0) is 19.4. The lowest BCUT2D eigenvalue weighted by Gasteiger charge is -2.72. The first kappa shape index (κ1) is 17.7. The normalized spacial score (nSPS) is 26.5. The zero-order valence-corrected chi connectivity index (χ0v) is 15.7. The number of benzene rings is 1. The summed E-state index contributed by atoms with van der Waals surface area (Å²) in [6.07, 6.45) is 2.42. The predicted octanol–water partition coefficient (Wildman–Crippen LogP) is 2.79. The van der Waals surface area contributed by atoms with Gasteiger partial charge >= 0.3 is 0 Å². The summed E-state index contributed by atoms with van der Waals surface area (Å²) in [7, 11) is 1.76. The molecular weight excluding hydrogens is 347 g/mol. The number of nitrogens with zero attached hydrogens (tertiary/aromatic N) is 2. The molecule has 1 heterocycles. The van der Waals surface area contributed by atoms with Crippen molar-refractivity contribution >= 4 is 17.5 Å². The van der Waals surface area contributed by atoms with Gasteiger partial charge < -0.3 is 10.6 Å². The average Bonchev–Trinajstić information content (AvgIpc) is 2.89. The molecule has 2 N–H and O–H groups in total. The molecule has 1 aromatic heterocycles. The minimum atomic E-state index is -0.332. The molecule has 0 radical (unpaired) electrons. The number of carbonyl (C=O) groups is 2. The largest absolute Gasteiger partial charge is 0.345 e. The van der Waals surface area contributed by atoms with Crippen LogP contribution in [-0.2, 0) is 11.8 Å². The predicted molar refractivity (Wildman–Crippen MR) is 98.6 cm³/mol. The molecule has 6 nitrogen and oxygen atoms in total. The lowest BCUT2D eigenvalue weighted by atomic mass is 9.36. The third kappa shape index (κ3) is 2.91. The van der Waals surface area contributed by atoms with Gasteiger partial charge in [-0.3, -0.25) is 14.3 Å². The van der Waals surface area contributed by atoms with Gasteiger partial charge in [-0.1, -0.05) is 6.92 Å². The van der Waals surface area contributed by atoms with Crippen molar-refractivity contribution in [2.45, 2.75) is 38.6 Å². The van der Waals surface area contributed by atoms with Crippen LogP contribution in [0.5, 0.6) is 0 Å². The lowest BCUT2D eigenvalue weighted by Crippen LogP contribution is -2.77. The van der Waals surface area contributed by atoms with E-state index in [1.54, 1.807) is 29.9 Å². The van der Waals surface area contributed by atoms with Crippen LogP contribution in [0.4, 0.5) is 10.1 Å². The van der Waals surface area contributed by atoms with Crippen molar-refractivity contribution in [3.05, 3.63) is 47.5 Å². The average molecular weight is 370 g/mol. The van der Waals surface area contributed by atoms with E-state index in [9.17, 15) is 14.0 Å². The minimum Gasteiger partial charge on any atom is -0.345 e. The molecule has 1 aromatic carbocycles. The second-order valence-corrected chi connectivity index (χ2v) is 8.14. The van der Waals surface area contributed by atoms with Gasteiger partial charge in [-0.2, -0.15) is 5.10 Å². The highest BCUT2D eigenvalue weighted by Crippen LogP contribution is 2.70. The highest BCUT2D eigenvalue weighted by molar-refractivity contribution is 5.95. The number of aryl methyl sites for hydroxylation is 2. The summed E-state index contributed by atoms with van der Waals surface area (Å²) < 4.78 is 14.6. The van der Waals surface area contributed by atoms with Gasteiger partial charge in [0.05, 0.1) is 5.69 Å². The van der Waals surface area contributed by atoms with Crippen molar-refractivity contribution in [3.63, 3.8) is 0 Å². The Bertz CT molecular complexity index is 899. The van der Waals surface area contributed by atoms with E-state index in [0.717, 1.165) is 25.0 Å². The number of rotatable bonds is 5. The molecule has 2 amide bonds. The van der Waals surface area contributed by atoms with Crippen LogP contribution in [0, 0.1) is 24.1 Å². The second-order valence-electron chi connectivity index (χ2n) is 8.14. The summed E-state index contributed by atoms with van der Waals surface area (Å²) >= 11 is 0. The molecule has 1 unspecified atom stereocenters. The van der Waals surface area contributed by atoms with Crippen LogP contribution in [0.25, 0.3) is 0 Å². The molecule has 0 saturated heterocycles. The van der Waals surface area contributed by atoms with E-state index >= 15 is 0 Å². The van der Waals surface area contributed by atoms with Gasteiger partial charge in [0, 0.05) is 24.2 Å². The number of halogens is 1. The van der Waals surface area contributed by atoms with Crippen LogP contribution in [0.3, 0.4) is 0 Å². The quantitative estimate of drug-likeness (QED) is 0.850. The van der Waals surface area contributed by atoms with Crippen LogP contribution >= 0.6 is 0 Å². The second kappa shape index (κ2) is 5.90. The van der Waals surface area contributed by atoms with Crippen LogP contribution in [-0.4, -0.2) is 27.1 Å². The van der Waals surface area contributed by atoms with Gasteiger partial charge in [-0.25, -0.2) is 4.39 Å². The molecule has 7 heteroatoms. The van der Waals surface area contributed by atoms with Gasteiger partial charge in [0.25, 0.3) is 5.91 Å². The monoisotopic (exact) mass is 370 g/mol. The van der Waals surface area contributed by atoms with Gasteiger partial charge in [-0.15, -0.1) is 0 Å². The number of anilines is 1. The molecule has 3 fully saturated rings. The molecule has 2 aromatic rings. The van der Waals surface area contributed by atoms with Crippen molar-refractivity contribution in [1.29, 1.82) is 0 Å². The highest BCUT2D eigenvalue weighted by Gasteiger charge is 2.71. The fourth-order valence-electron chi connectivity index (χ4n) is 4.65. The third-order valence-electron chi connectivity index (χ3n) is 6.11. The molecular formula is C20H23FN4O2. The molecule has 27 heavy (non-hydrogen) atoms. The number of aromatic nitrogens is 2. The maximum absolute atomic E-state index is 13.0. The van der Waals surface area contributed by atoms with Crippen LogP contribution in [0.15, 0.2) is 30.3 Å². The van der Waals surface area contributed by atoms with E-state index in [-0.39, 0.29) is 34.5 Å². The Hall–Kier alpha value is -2.70. The fraction of sp³-hybridized carbons (Fsp3) is 0.450. The first-order chi connectivity index (χ1) is 12.7. The first-order valence-corrected chi connectivity index (χ1v) is 9.12. The Morgan fingerprint density at radius 1 is 1.22 bits per heavy atom. The maximum Gasteiger partial charge on any atom is 0.269 e. The van der Waals surface area contributed by atoms with Crippen molar-refractivity contribution in [2.75, 3.05) is 5.32 Å². The smallest absolute Gasteiger partial charge is 0.269 e. The van der Waals surface area contributed by atoms with Crippen LogP contribution < -0.4 is 10.6 Å². The SMILES string of the molecule is Cc1cc(C(=O)NC23CC(C(C)C(=O)Nc4ccc(F)cc4)(C2)C3)n(C)n1. The molecule has 2 bridgehead atoms. The number of nitrogens with one attached hydrogen (secondary N) is 2. The number of hydrogen-bond acceptors (Lipinski definition) is 3. The fourth-order valence-corrected chi connectivity index (χ4v) is 4.65. The van der Waals surface area contributed by atoms with Crippen LogP contribution in [0.2, 0.25) is 0 Å². The third-order valence-corrected chi connectivity index (χ3v) is 6.11. The van der Waals surface area contributed by atoms with Crippen molar-refractivity contribution in [3.8, 4) is 0 Å². The zero-order valence-electron chi connectivity index (χ0n) is 15.7. The van der Waals surface area contributed by atoms with Crippen molar-refractivity contribution < 1.29 is 14.0 Å². The summed E-state index contributed by atoms with van der Waals surface area (Å²) in [5.74, 6) is -0.680. The number of amides is 2. The lowest BCUT2D eigenvalue weighted by molar-refractivity contribution is -0.184.